The van der Waals surface area contributed by atoms with E-state index >= 15 is 0 Å². The molecule has 1 amide bonds. The zero-order valence-corrected chi connectivity index (χ0v) is 18.2. The van der Waals surface area contributed by atoms with Crippen molar-refractivity contribution >= 4 is 37.8 Å². The molecule has 160 valence electrons. The molecule has 1 atom stereocenters. The van der Waals surface area contributed by atoms with E-state index < -0.39 is 28.5 Å². The molecule has 0 bridgehead atoms. The third kappa shape index (κ3) is 5.76. The maximum absolute atomic E-state index is 12.9. The van der Waals surface area contributed by atoms with Crippen molar-refractivity contribution < 1.29 is 32.2 Å². The molecule has 1 N–H and O–H groups in total. The van der Waals surface area contributed by atoms with Crippen molar-refractivity contribution in [1.82, 2.24) is 9.62 Å². The summed E-state index contributed by atoms with van der Waals surface area (Å²) in [5.74, 6) is -1.21. The Morgan fingerprint density at radius 1 is 1.24 bits per heavy atom. The summed E-state index contributed by atoms with van der Waals surface area (Å²) >= 11 is 3.23. The topological polar surface area (TPSA) is 111 Å². The Labute approximate surface area is 177 Å². The molecule has 2 aliphatic rings. The van der Waals surface area contributed by atoms with Gasteiger partial charge in [-0.2, -0.15) is 4.31 Å². The van der Waals surface area contributed by atoms with Crippen molar-refractivity contribution in [3.8, 4) is 0 Å². The van der Waals surface area contributed by atoms with Crippen molar-refractivity contribution in [2.24, 2.45) is 0 Å². The minimum absolute atomic E-state index is 0.00548. The minimum atomic E-state index is -3.79. The Kier molecular flexibility index (Phi) is 7.63. The molecule has 0 saturated carbocycles. The molecular formula is C18H23BrN2O7S. The number of rotatable bonds is 7. The molecule has 3 rings (SSSR count). The molecule has 2 aliphatic heterocycles. The molecular weight excluding hydrogens is 468 g/mol. The lowest BCUT2D eigenvalue weighted by Crippen LogP contribution is -2.40. The first-order chi connectivity index (χ1) is 13.9. The second kappa shape index (κ2) is 9.98. The first-order valence-electron chi connectivity index (χ1n) is 9.31. The van der Waals surface area contributed by atoms with E-state index in [1.807, 2.05) is 0 Å². The van der Waals surface area contributed by atoms with Crippen molar-refractivity contribution in [2.45, 2.75) is 23.8 Å². The number of hydrogen-bond donors (Lipinski definition) is 1. The third-order valence-corrected chi connectivity index (χ3v) is 7.53. The van der Waals surface area contributed by atoms with E-state index in [1.54, 1.807) is 0 Å². The van der Waals surface area contributed by atoms with Gasteiger partial charge in [-0.1, -0.05) is 0 Å². The second-order valence-electron chi connectivity index (χ2n) is 6.68. The Balaban J connectivity index is 1.60. The van der Waals surface area contributed by atoms with E-state index in [9.17, 15) is 18.0 Å². The van der Waals surface area contributed by atoms with Crippen LogP contribution < -0.4 is 5.32 Å². The van der Waals surface area contributed by atoms with Gasteiger partial charge in [-0.05, 0) is 47.0 Å². The number of amides is 1. The largest absolute Gasteiger partial charge is 0.452 e. The Bertz CT molecular complexity index is 850. The molecule has 0 aromatic heterocycles. The molecule has 11 heteroatoms. The normalized spacial score (nSPS) is 20.4. The highest BCUT2D eigenvalue weighted by molar-refractivity contribution is 9.10. The summed E-state index contributed by atoms with van der Waals surface area (Å²) in [6, 6.07) is 4.16. The van der Waals surface area contributed by atoms with Gasteiger partial charge in [-0.3, -0.25) is 4.79 Å². The number of hydrogen-bond acceptors (Lipinski definition) is 7. The third-order valence-electron chi connectivity index (χ3n) is 4.64. The lowest BCUT2D eigenvalue weighted by molar-refractivity contribution is -0.124. The van der Waals surface area contributed by atoms with Crippen molar-refractivity contribution in [2.75, 3.05) is 46.1 Å². The van der Waals surface area contributed by atoms with Crippen LogP contribution in [0.2, 0.25) is 0 Å². The maximum Gasteiger partial charge on any atom is 0.338 e. The quantitative estimate of drug-likeness (QED) is 0.565. The summed E-state index contributed by atoms with van der Waals surface area (Å²) < 4.78 is 43.0. The van der Waals surface area contributed by atoms with Gasteiger partial charge in [0.25, 0.3) is 5.91 Å². The summed E-state index contributed by atoms with van der Waals surface area (Å²) in [4.78, 5) is 24.1. The van der Waals surface area contributed by atoms with Gasteiger partial charge in [-0.25, -0.2) is 13.2 Å². The number of carbonyl (C=O) groups is 2. The summed E-state index contributed by atoms with van der Waals surface area (Å²) in [7, 11) is -3.79. The number of ether oxygens (including phenoxy) is 3. The van der Waals surface area contributed by atoms with Gasteiger partial charge in [0.1, 0.15) is 0 Å². The van der Waals surface area contributed by atoms with Crippen molar-refractivity contribution in [1.29, 1.82) is 0 Å². The Morgan fingerprint density at radius 2 is 2.00 bits per heavy atom. The second-order valence-corrected chi connectivity index (χ2v) is 9.44. The first kappa shape index (κ1) is 22.2. The monoisotopic (exact) mass is 490 g/mol. The van der Waals surface area contributed by atoms with Crippen LogP contribution >= 0.6 is 15.9 Å². The van der Waals surface area contributed by atoms with Gasteiger partial charge in [0.15, 0.2) is 6.61 Å². The number of nitrogens with zero attached hydrogens (tertiary/aromatic N) is 1. The average Bonchev–Trinajstić information content (AvgIpc) is 3.25. The highest BCUT2D eigenvalue weighted by atomic mass is 79.9. The number of benzene rings is 1. The van der Waals surface area contributed by atoms with Crippen LogP contribution in [0.15, 0.2) is 27.6 Å². The summed E-state index contributed by atoms with van der Waals surface area (Å²) in [5, 5.41) is 2.66. The number of carbonyl (C=O) groups excluding carboxylic acids is 2. The van der Waals surface area contributed by atoms with Crippen LogP contribution in [0, 0.1) is 0 Å². The molecule has 0 spiro atoms. The van der Waals surface area contributed by atoms with Gasteiger partial charge >= 0.3 is 5.97 Å². The number of esters is 1. The van der Waals surface area contributed by atoms with Gasteiger partial charge in [0, 0.05) is 30.7 Å². The van der Waals surface area contributed by atoms with Crippen molar-refractivity contribution in [3.63, 3.8) is 0 Å². The fraction of sp³-hybridized carbons (Fsp3) is 0.556. The first-order valence-corrected chi connectivity index (χ1v) is 11.5. The van der Waals surface area contributed by atoms with Crippen LogP contribution in [0.3, 0.4) is 0 Å². The summed E-state index contributed by atoms with van der Waals surface area (Å²) in [6.45, 7) is 1.74. The van der Waals surface area contributed by atoms with Crippen LogP contribution in [0.5, 0.6) is 0 Å². The highest BCUT2D eigenvalue weighted by Crippen LogP contribution is 2.27. The summed E-state index contributed by atoms with van der Waals surface area (Å²) in [6.07, 6.45) is 1.85. The van der Waals surface area contributed by atoms with E-state index in [1.165, 1.54) is 22.5 Å². The Hall–Kier alpha value is -1.53. The van der Waals surface area contributed by atoms with E-state index in [2.05, 4.69) is 21.2 Å². The fourth-order valence-electron chi connectivity index (χ4n) is 3.05. The zero-order chi connectivity index (χ0) is 20.9. The molecule has 29 heavy (non-hydrogen) atoms. The van der Waals surface area contributed by atoms with Gasteiger partial charge in [0.2, 0.25) is 10.0 Å². The predicted molar refractivity (Wildman–Crippen MR) is 106 cm³/mol. The minimum Gasteiger partial charge on any atom is -0.452 e. The Morgan fingerprint density at radius 3 is 2.69 bits per heavy atom. The van der Waals surface area contributed by atoms with Gasteiger partial charge < -0.3 is 19.5 Å². The van der Waals surface area contributed by atoms with E-state index in [0.717, 1.165) is 12.8 Å². The smallest absolute Gasteiger partial charge is 0.338 e. The molecule has 2 heterocycles. The highest BCUT2D eigenvalue weighted by Gasteiger charge is 2.29. The standard InChI is InChI=1S/C18H23BrN2O7S/c19-15-4-3-13(10-16(15)29(24,25)21-5-8-26-9-6-21)18(23)28-12-17(22)20-11-14-2-1-7-27-14/h3-4,10,14H,1-2,5-9,11-12H2,(H,20,22)/t14-/m0/s1. The van der Waals surface area contributed by atoms with Gasteiger partial charge in [0.05, 0.1) is 29.8 Å². The number of morpholine rings is 1. The SMILES string of the molecule is O=C(COC(=O)c1ccc(Br)c(S(=O)(=O)N2CCOCC2)c1)NC[C@@H]1CCCO1. The van der Waals surface area contributed by atoms with E-state index in [0.29, 0.717) is 30.8 Å². The van der Waals surface area contributed by atoms with Crippen molar-refractivity contribution in [3.05, 3.63) is 28.2 Å². The molecule has 2 fully saturated rings. The molecule has 2 saturated heterocycles. The average molecular weight is 491 g/mol. The molecule has 0 unspecified atom stereocenters. The zero-order valence-electron chi connectivity index (χ0n) is 15.8. The number of sulfonamides is 1. The van der Waals surface area contributed by atoms with E-state index in [4.69, 9.17) is 14.2 Å². The summed E-state index contributed by atoms with van der Waals surface area (Å²) in [5.41, 5.74) is 0.0481. The molecule has 9 nitrogen and oxygen atoms in total. The van der Waals surface area contributed by atoms with Crippen LogP contribution in [0.4, 0.5) is 0 Å². The van der Waals surface area contributed by atoms with Crippen LogP contribution in [-0.2, 0) is 29.0 Å². The fourth-order valence-corrected chi connectivity index (χ4v) is 5.41. The number of halogens is 1. The predicted octanol–water partition coefficient (Wildman–Crippen LogP) is 0.922. The lowest BCUT2D eigenvalue weighted by Gasteiger charge is -2.26. The van der Waals surface area contributed by atoms with Crippen LogP contribution in [0.25, 0.3) is 0 Å². The molecule has 0 aliphatic carbocycles. The van der Waals surface area contributed by atoms with Gasteiger partial charge in [-0.15, -0.1) is 0 Å². The molecule has 1 aromatic rings. The molecule has 0 radical (unpaired) electrons. The van der Waals surface area contributed by atoms with Crippen LogP contribution in [0.1, 0.15) is 23.2 Å². The number of nitrogens with one attached hydrogen (secondary N) is 1. The van der Waals surface area contributed by atoms with Crippen LogP contribution in [-0.4, -0.2) is 76.8 Å². The lowest BCUT2D eigenvalue weighted by atomic mass is 10.2. The molecule has 1 aromatic carbocycles. The van der Waals surface area contributed by atoms with E-state index in [-0.39, 0.29) is 29.7 Å². The maximum atomic E-state index is 12.9.